The number of nitrogens with zero attached hydrogens (tertiary/aromatic N) is 3. The Bertz CT molecular complexity index is 1410. The normalized spacial score (nSPS) is 15.6. The van der Waals surface area contributed by atoms with Crippen LogP contribution in [0.25, 0.3) is 22.0 Å². The standard InChI is InChI=1S/C27H23F2N5O/c28-27(29)9-7-17(8-10-27)11-19-12-21(16-31-15-19)20-3-6-24-23(13-20)25(34-33-24)26(35)32-22-4-1-18(14-30)2-5-22/h1-6,12-13,15-17H,7-11H2,(H,32,35)(H,33,34). The number of fused-ring (bicyclic) bond motifs is 1. The van der Waals surface area contributed by atoms with Crippen molar-refractivity contribution in [2.24, 2.45) is 5.92 Å². The molecule has 1 amide bonds. The van der Waals surface area contributed by atoms with Gasteiger partial charge < -0.3 is 5.32 Å². The second-order valence-corrected chi connectivity index (χ2v) is 9.06. The molecule has 6 nitrogen and oxygen atoms in total. The van der Waals surface area contributed by atoms with Gasteiger partial charge in [-0.25, -0.2) is 8.78 Å². The Morgan fingerprint density at radius 1 is 1.09 bits per heavy atom. The number of carbonyl (C=O) groups excluding carboxylic acids is 1. The summed E-state index contributed by atoms with van der Waals surface area (Å²) in [6.45, 7) is 0. The molecule has 2 aromatic heterocycles. The molecule has 2 N–H and O–H groups in total. The predicted molar refractivity (Wildman–Crippen MR) is 129 cm³/mol. The van der Waals surface area contributed by atoms with Gasteiger partial charge in [0.1, 0.15) is 0 Å². The molecule has 0 saturated heterocycles. The maximum absolute atomic E-state index is 13.5. The summed E-state index contributed by atoms with van der Waals surface area (Å²) in [5, 5.41) is 19.5. The lowest BCUT2D eigenvalue weighted by atomic mass is 9.83. The topological polar surface area (TPSA) is 94.5 Å². The molecule has 1 fully saturated rings. The highest BCUT2D eigenvalue weighted by Crippen LogP contribution is 2.37. The SMILES string of the molecule is N#Cc1ccc(NC(=O)c2n[nH]c3ccc(-c4cncc(CC5CCC(F)(F)CC5)c4)cc23)cc1. The van der Waals surface area contributed by atoms with Crippen LogP contribution in [0.5, 0.6) is 0 Å². The molecule has 4 aromatic rings. The Labute approximate surface area is 201 Å². The Morgan fingerprint density at radius 2 is 1.86 bits per heavy atom. The highest BCUT2D eigenvalue weighted by atomic mass is 19.3. The molecule has 0 aliphatic heterocycles. The van der Waals surface area contributed by atoms with Crippen molar-refractivity contribution in [1.82, 2.24) is 15.2 Å². The van der Waals surface area contributed by atoms with Gasteiger partial charge in [0.15, 0.2) is 5.69 Å². The molecule has 0 bridgehead atoms. The van der Waals surface area contributed by atoms with E-state index in [-0.39, 0.29) is 30.4 Å². The van der Waals surface area contributed by atoms with Gasteiger partial charge in [0, 0.05) is 41.9 Å². The quantitative estimate of drug-likeness (QED) is 0.367. The lowest BCUT2D eigenvalue weighted by molar-refractivity contribution is -0.0456. The molecule has 2 aromatic carbocycles. The number of rotatable bonds is 5. The van der Waals surface area contributed by atoms with Crippen molar-refractivity contribution in [2.45, 2.75) is 38.0 Å². The van der Waals surface area contributed by atoms with Crippen LogP contribution in [0.4, 0.5) is 14.5 Å². The lowest BCUT2D eigenvalue weighted by Crippen LogP contribution is -2.25. The van der Waals surface area contributed by atoms with Gasteiger partial charge in [-0.15, -0.1) is 0 Å². The molecule has 1 aliphatic carbocycles. The number of carbonyl (C=O) groups is 1. The minimum Gasteiger partial charge on any atom is -0.321 e. The number of H-pyrrole nitrogens is 1. The van der Waals surface area contributed by atoms with Gasteiger partial charge in [-0.3, -0.25) is 14.9 Å². The number of alkyl halides is 2. The number of aromatic nitrogens is 3. The van der Waals surface area contributed by atoms with Crippen LogP contribution in [0.15, 0.2) is 60.9 Å². The molecule has 0 radical (unpaired) electrons. The van der Waals surface area contributed by atoms with Crippen LogP contribution in [0.3, 0.4) is 0 Å². The van der Waals surface area contributed by atoms with E-state index in [4.69, 9.17) is 5.26 Å². The van der Waals surface area contributed by atoms with Crippen molar-refractivity contribution < 1.29 is 13.6 Å². The van der Waals surface area contributed by atoms with E-state index >= 15 is 0 Å². The summed E-state index contributed by atoms with van der Waals surface area (Å²) in [7, 11) is 0. The highest BCUT2D eigenvalue weighted by molar-refractivity contribution is 6.11. The number of anilines is 1. The number of aromatic amines is 1. The third kappa shape index (κ3) is 5.04. The third-order valence-electron chi connectivity index (χ3n) is 6.54. The van der Waals surface area contributed by atoms with E-state index in [2.05, 4.69) is 20.5 Å². The zero-order chi connectivity index (χ0) is 24.4. The second-order valence-electron chi connectivity index (χ2n) is 9.06. The summed E-state index contributed by atoms with van der Waals surface area (Å²) in [5.74, 6) is -2.65. The minimum atomic E-state index is -2.53. The molecular weight excluding hydrogens is 448 g/mol. The molecule has 0 unspecified atom stereocenters. The van der Waals surface area contributed by atoms with E-state index in [9.17, 15) is 13.6 Å². The number of halogens is 2. The van der Waals surface area contributed by atoms with Gasteiger partial charge in [-0.1, -0.05) is 6.07 Å². The molecule has 35 heavy (non-hydrogen) atoms. The first-order valence-corrected chi connectivity index (χ1v) is 11.5. The second kappa shape index (κ2) is 9.26. The predicted octanol–water partition coefficient (Wildman–Crippen LogP) is 6.12. The van der Waals surface area contributed by atoms with E-state index in [0.717, 1.165) is 28.6 Å². The van der Waals surface area contributed by atoms with Crippen molar-refractivity contribution in [1.29, 1.82) is 5.26 Å². The van der Waals surface area contributed by atoms with Crippen molar-refractivity contribution in [3.8, 4) is 17.2 Å². The number of hydrogen-bond acceptors (Lipinski definition) is 4. The molecule has 2 heterocycles. The van der Waals surface area contributed by atoms with Crippen LogP contribution in [-0.4, -0.2) is 27.0 Å². The van der Waals surface area contributed by atoms with Gasteiger partial charge in [0.05, 0.1) is 17.1 Å². The van der Waals surface area contributed by atoms with Crippen molar-refractivity contribution in [3.63, 3.8) is 0 Å². The molecule has 5 rings (SSSR count). The largest absolute Gasteiger partial charge is 0.321 e. The molecular formula is C27H23F2N5O. The zero-order valence-corrected chi connectivity index (χ0v) is 18.9. The third-order valence-corrected chi connectivity index (χ3v) is 6.54. The van der Waals surface area contributed by atoms with E-state index in [0.29, 0.717) is 29.5 Å². The van der Waals surface area contributed by atoms with Gasteiger partial charge in [0.2, 0.25) is 5.92 Å². The fraction of sp³-hybridized carbons (Fsp3) is 0.259. The molecule has 0 spiro atoms. The highest BCUT2D eigenvalue weighted by Gasteiger charge is 2.34. The number of benzene rings is 2. The lowest BCUT2D eigenvalue weighted by Gasteiger charge is -2.28. The maximum Gasteiger partial charge on any atom is 0.276 e. The van der Waals surface area contributed by atoms with Crippen molar-refractivity contribution in [3.05, 3.63) is 77.7 Å². The summed E-state index contributed by atoms with van der Waals surface area (Å²) in [4.78, 5) is 17.3. The zero-order valence-electron chi connectivity index (χ0n) is 18.9. The van der Waals surface area contributed by atoms with Crippen LogP contribution in [0.1, 0.15) is 47.3 Å². The fourth-order valence-corrected chi connectivity index (χ4v) is 4.58. The molecule has 0 atom stereocenters. The Kier molecular flexibility index (Phi) is 6.00. The van der Waals surface area contributed by atoms with Crippen LogP contribution in [0, 0.1) is 17.2 Å². The first kappa shape index (κ1) is 22.7. The average Bonchev–Trinajstić information content (AvgIpc) is 3.29. The minimum absolute atomic E-state index is 0.0464. The van der Waals surface area contributed by atoms with Gasteiger partial charge >= 0.3 is 0 Å². The van der Waals surface area contributed by atoms with E-state index < -0.39 is 5.92 Å². The molecule has 1 aliphatic rings. The van der Waals surface area contributed by atoms with E-state index in [1.165, 1.54) is 0 Å². The Balaban J connectivity index is 1.36. The molecule has 176 valence electrons. The first-order chi connectivity index (χ1) is 16.9. The average molecular weight is 472 g/mol. The van der Waals surface area contributed by atoms with Crippen LogP contribution >= 0.6 is 0 Å². The monoisotopic (exact) mass is 471 g/mol. The number of pyridine rings is 1. The Morgan fingerprint density at radius 3 is 2.60 bits per heavy atom. The summed E-state index contributed by atoms with van der Waals surface area (Å²) in [6, 6.07) is 16.4. The molecule has 1 saturated carbocycles. The van der Waals surface area contributed by atoms with Gasteiger partial charge in [0.25, 0.3) is 5.91 Å². The van der Waals surface area contributed by atoms with E-state index in [1.807, 2.05) is 30.3 Å². The molecule has 8 heteroatoms. The number of hydrogen-bond donors (Lipinski definition) is 2. The van der Waals surface area contributed by atoms with Crippen LogP contribution in [0.2, 0.25) is 0 Å². The summed E-state index contributed by atoms with van der Waals surface area (Å²) in [6.07, 6.45) is 5.23. The Hall–Kier alpha value is -4.12. The van der Waals surface area contributed by atoms with Crippen LogP contribution < -0.4 is 5.32 Å². The maximum atomic E-state index is 13.5. The van der Waals surface area contributed by atoms with Crippen molar-refractivity contribution >= 4 is 22.5 Å². The van der Waals surface area contributed by atoms with Gasteiger partial charge in [-0.05, 0) is 78.8 Å². The summed E-state index contributed by atoms with van der Waals surface area (Å²) in [5.41, 5.74) is 4.86. The summed E-state index contributed by atoms with van der Waals surface area (Å²) < 4.78 is 27.0. The smallest absolute Gasteiger partial charge is 0.276 e. The number of nitriles is 1. The number of nitrogens with one attached hydrogen (secondary N) is 2. The van der Waals surface area contributed by atoms with Crippen molar-refractivity contribution in [2.75, 3.05) is 5.32 Å². The first-order valence-electron chi connectivity index (χ1n) is 11.5. The van der Waals surface area contributed by atoms with E-state index in [1.54, 1.807) is 36.7 Å². The van der Waals surface area contributed by atoms with Crippen LogP contribution in [-0.2, 0) is 6.42 Å². The number of amides is 1. The summed E-state index contributed by atoms with van der Waals surface area (Å²) >= 11 is 0. The fourth-order valence-electron chi connectivity index (χ4n) is 4.58. The van der Waals surface area contributed by atoms with Gasteiger partial charge in [-0.2, -0.15) is 10.4 Å².